The maximum Gasteiger partial charge on any atom is 0.244 e. The van der Waals surface area contributed by atoms with E-state index in [0.29, 0.717) is 50.3 Å². The average molecular weight is 501 g/mol. The largest absolute Gasteiger partial charge is 0.493 e. The summed E-state index contributed by atoms with van der Waals surface area (Å²) in [6, 6.07) is 9.10. The Hall–Kier alpha value is -3.14. The van der Waals surface area contributed by atoms with Crippen molar-refractivity contribution in [3.63, 3.8) is 0 Å². The van der Waals surface area contributed by atoms with E-state index >= 15 is 0 Å². The highest BCUT2D eigenvalue weighted by Gasteiger charge is 2.28. The maximum absolute atomic E-state index is 6.32. The zero-order chi connectivity index (χ0) is 23.7. The Balaban J connectivity index is 1.38. The maximum atomic E-state index is 6.32. The van der Waals surface area contributed by atoms with Crippen LogP contribution in [0.5, 0.6) is 11.5 Å². The third-order valence-corrected chi connectivity index (χ3v) is 6.59. The number of ether oxygens (including phenoxy) is 2. The van der Waals surface area contributed by atoms with E-state index < -0.39 is 0 Å². The summed E-state index contributed by atoms with van der Waals surface area (Å²) in [4.78, 5) is 15.5. The van der Waals surface area contributed by atoms with Gasteiger partial charge in [-0.15, -0.1) is 0 Å². The van der Waals surface area contributed by atoms with E-state index in [1.165, 1.54) is 6.33 Å². The molecule has 1 atom stereocenters. The number of halogens is 2. The van der Waals surface area contributed by atoms with E-state index in [9.17, 15) is 0 Å². The standard InChI is InChI=1S/C23H22Cl2N6O3/c1-31-8-4-7-17(31)23-29-20(30-34-23)11-33-19-10-16-13(9-18(19)32-2)22(27-12-26-16)28-15-6-3-5-14(24)21(15)25/h3,5-6,9-10,12,17H,4,7-8,11H2,1-2H3,(H,26,27,28). The van der Waals surface area contributed by atoms with Crippen LogP contribution in [0.2, 0.25) is 10.0 Å². The van der Waals surface area contributed by atoms with Crippen LogP contribution in [0.25, 0.3) is 10.9 Å². The lowest BCUT2D eigenvalue weighted by atomic mass is 10.2. The third-order valence-electron chi connectivity index (χ3n) is 5.77. The van der Waals surface area contributed by atoms with Crippen LogP contribution < -0.4 is 14.8 Å². The monoisotopic (exact) mass is 500 g/mol. The third kappa shape index (κ3) is 4.46. The number of anilines is 2. The molecule has 2 aromatic heterocycles. The number of rotatable bonds is 7. The molecule has 11 heteroatoms. The molecule has 0 amide bonds. The van der Waals surface area contributed by atoms with Gasteiger partial charge in [-0.1, -0.05) is 34.4 Å². The van der Waals surface area contributed by atoms with E-state index in [1.807, 2.05) is 6.07 Å². The molecule has 1 aliphatic heterocycles. The molecule has 2 aromatic carbocycles. The molecule has 9 nitrogen and oxygen atoms in total. The predicted octanol–water partition coefficient (Wildman–Crippen LogP) is 5.42. The summed E-state index contributed by atoms with van der Waals surface area (Å²) in [6.07, 6.45) is 3.59. The first-order chi connectivity index (χ1) is 16.5. The summed E-state index contributed by atoms with van der Waals surface area (Å²) in [5.41, 5.74) is 1.29. The van der Waals surface area contributed by atoms with Crippen molar-refractivity contribution in [2.45, 2.75) is 25.5 Å². The van der Waals surface area contributed by atoms with Gasteiger partial charge in [0, 0.05) is 11.5 Å². The van der Waals surface area contributed by atoms with Gasteiger partial charge in [0.25, 0.3) is 0 Å². The summed E-state index contributed by atoms with van der Waals surface area (Å²) < 4.78 is 17.0. The van der Waals surface area contributed by atoms with E-state index in [4.69, 9.17) is 37.2 Å². The molecule has 1 N–H and O–H groups in total. The summed E-state index contributed by atoms with van der Waals surface area (Å²) in [5.74, 6) is 2.67. The molecule has 3 heterocycles. The Morgan fingerprint density at radius 1 is 1.21 bits per heavy atom. The molecule has 4 aromatic rings. The van der Waals surface area contributed by atoms with Crippen molar-refractivity contribution in [2.75, 3.05) is 26.0 Å². The van der Waals surface area contributed by atoms with Crippen LogP contribution in [0.15, 0.2) is 41.2 Å². The van der Waals surface area contributed by atoms with Crippen LogP contribution in [0.4, 0.5) is 11.5 Å². The molecule has 1 unspecified atom stereocenters. The lowest BCUT2D eigenvalue weighted by Gasteiger charge is -2.14. The minimum absolute atomic E-state index is 0.135. The number of hydrogen-bond acceptors (Lipinski definition) is 9. The molecule has 0 aliphatic carbocycles. The van der Waals surface area contributed by atoms with Crippen LogP contribution in [0.1, 0.15) is 30.6 Å². The Kier molecular flexibility index (Phi) is 6.40. The van der Waals surface area contributed by atoms with E-state index in [1.54, 1.807) is 31.4 Å². The number of hydrogen-bond donors (Lipinski definition) is 1. The van der Waals surface area contributed by atoms with Crippen molar-refractivity contribution in [2.24, 2.45) is 0 Å². The van der Waals surface area contributed by atoms with Crippen LogP contribution in [-0.2, 0) is 6.61 Å². The Labute approximate surface area is 206 Å². The van der Waals surface area contributed by atoms with Gasteiger partial charge < -0.3 is 19.3 Å². The molecule has 1 fully saturated rings. The van der Waals surface area contributed by atoms with Gasteiger partial charge in [0.1, 0.15) is 12.1 Å². The average Bonchev–Trinajstić information content (AvgIpc) is 3.48. The molecule has 1 saturated heterocycles. The minimum atomic E-state index is 0.135. The summed E-state index contributed by atoms with van der Waals surface area (Å²) in [7, 11) is 3.63. The summed E-state index contributed by atoms with van der Waals surface area (Å²) in [6.45, 7) is 1.16. The second-order valence-corrected chi connectivity index (χ2v) is 8.73. The zero-order valence-electron chi connectivity index (χ0n) is 18.6. The van der Waals surface area contributed by atoms with Gasteiger partial charge in [-0.3, -0.25) is 4.90 Å². The molecule has 34 heavy (non-hydrogen) atoms. The smallest absolute Gasteiger partial charge is 0.244 e. The topological polar surface area (TPSA) is 98.4 Å². The number of methoxy groups -OCH3 is 1. The minimum Gasteiger partial charge on any atom is -0.493 e. The fourth-order valence-corrected chi connectivity index (χ4v) is 4.34. The molecule has 1 aliphatic rings. The van der Waals surface area contributed by atoms with E-state index in [0.717, 1.165) is 24.8 Å². The summed E-state index contributed by atoms with van der Waals surface area (Å²) in [5, 5.41) is 8.87. The molecule has 176 valence electrons. The lowest BCUT2D eigenvalue weighted by molar-refractivity contribution is 0.241. The second-order valence-electron chi connectivity index (χ2n) is 7.95. The normalized spacial score (nSPS) is 16.2. The van der Waals surface area contributed by atoms with Gasteiger partial charge in [-0.05, 0) is 44.6 Å². The van der Waals surface area contributed by atoms with Gasteiger partial charge in [0.05, 0.1) is 34.4 Å². The van der Waals surface area contributed by atoms with Crippen molar-refractivity contribution in [3.05, 3.63) is 58.4 Å². The number of fused-ring (bicyclic) bond motifs is 1. The highest BCUT2D eigenvalue weighted by molar-refractivity contribution is 6.43. The number of likely N-dealkylation sites (tertiary alicyclic amines) is 1. The molecular weight excluding hydrogens is 479 g/mol. The number of aromatic nitrogens is 4. The number of nitrogens with one attached hydrogen (secondary N) is 1. The van der Waals surface area contributed by atoms with Gasteiger partial charge in [-0.25, -0.2) is 9.97 Å². The first-order valence-electron chi connectivity index (χ1n) is 10.7. The second kappa shape index (κ2) is 9.61. The zero-order valence-corrected chi connectivity index (χ0v) is 20.1. The Morgan fingerprint density at radius 2 is 2.09 bits per heavy atom. The van der Waals surface area contributed by atoms with Crippen molar-refractivity contribution >= 4 is 45.6 Å². The van der Waals surface area contributed by atoms with Crippen LogP contribution in [0, 0.1) is 0 Å². The van der Waals surface area contributed by atoms with E-state index in [-0.39, 0.29) is 12.6 Å². The van der Waals surface area contributed by atoms with Crippen molar-refractivity contribution in [3.8, 4) is 11.5 Å². The van der Waals surface area contributed by atoms with E-state index in [2.05, 4.69) is 37.4 Å². The molecule has 0 radical (unpaired) electrons. The van der Waals surface area contributed by atoms with Crippen LogP contribution in [0.3, 0.4) is 0 Å². The van der Waals surface area contributed by atoms with Gasteiger partial charge in [-0.2, -0.15) is 4.98 Å². The van der Waals surface area contributed by atoms with Gasteiger partial charge in [0.2, 0.25) is 11.7 Å². The fraction of sp³-hybridized carbons (Fsp3) is 0.304. The first kappa shape index (κ1) is 22.6. The van der Waals surface area contributed by atoms with Gasteiger partial charge in [0.15, 0.2) is 18.1 Å². The Bertz CT molecular complexity index is 1330. The molecule has 0 saturated carbocycles. The molecule has 5 rings (SSSR count). The van der Waals surface area contributed by atoms with Crippen LogP contribution >= 0.6 is 23.2 Å². The summed E-state index contributed by atoms with van der Waals surface area (Å²) >= 11 is 12.5. The Morgan fingerprint density at radius 3 is 2.88 bits per heavy atom. The van der Waals surface area contributed by atoms with Crippen molar-refractivity contribution in [1.29, 1.82) is 0 Å². The highest BCUT2D eigenvalue weighted by Crippen LogP contribution is 2.37. The molecule has 0 bridgehead atoms. The SMILES string of the molecule is COc1cc2c(Nc3cccc(Cl)c3Cl)ncnc2cc1OCc1noc(C2CCCN2C)n1. The quantitative estimate of drug-likeness (QED) is 0.356. The number of nitrogens with zero attached hydrogens (tertiary/aromatic N) is 5. The highest BCUT2D eigenvalue weighted by atomic mass is 35.5. The van der Waals surface area contributed by atoms with Gasteiger partial charge >= 0.3 is 0 Å². The predicted molar refractivity (Wildman–Crippen MR) is 129 cm³/mol. The molecular formula is C23H22Cl2N6O3. The lowest BCUT2D eigenvalue weighted by Crippen LogP contribution is -2.17. The first-order valence-corrected chi connectivity index (χ1v) is 11.5. The van der Waals surface area contributed by atoms with Crippen molar-refractivity contribution in [1.82, 2.24) is 25.0 Å². The fourth-order valence-electron chi connectivity index (χ4n) is 3.99. The van der Waals surface area contributed by atoms with Crippen molar-refractivity contribution < 1.29 is 14.0 Å². The van der Waals surface area contributed by atoms with Crippen LogP contribution in [-0.4, -0.2) is 45.7 Å². The number of benzene rings is 2. The molecule has 0 spiro atoms.